The van der Waals surface area contributed by atoms with Crippen LogP contribution in [0, 0.1) is 0 Å². The molecule has 1 N–H and O–H groups in total. The molecule has 2 heterocycles. The number of amides is 1. The number of hydrogen-bond donors (Lipinski definition) is 1. The first kappa shape index (κ1) is 14.9. The zero-order chi connectivity index (χ0) is 15.5. The second-order valence-electron chi connectivity index (χ2n) is 5.23. The first-order valence-electron chi connectivity index (χ1n) is 7.10. The Kier molecular flexibility index (Phi) is 4.35. The molecule has 0 aliphatic carbocycles. The quantitative estimate of drug-likeness (QED) is 0.925. The molecule has 7 nitrogen and oxygen atoms in total. The highest BCUT2D eigenvalue weighted by Gasteiger charge is 2.25. The van der Waals surface area contributed by atoms with Gasteiger partial charge in [-0.2, -0.15) is 4.68 Å². The third-order valence-electron chi connectivity index (χ3n) is 3.68. The van der Waals surface area contributed by atoms with Crippen LogP contribution in [0.1, 0.15) is 30.1 Å². The van der Waals surface area contributed by atoms with Crippen molar-refractivity contribution >= 4 is 17.5 Å². The monoisotopic (exact) mass is 321 g/mol. The summed E-state index contributed by atoms with van der Waals surface area (Å²) in [6.07, 6.45) is 3.47. The summed E-state index contributed by atoms with van der Waals surface area (Å²) in [6.45, 7) is 2.69. The molecule has 0 spiro atoms. The average Bonchev–Trinajstić information content (AvgIpc) is 3.20. The van der Waals surface area contributed by atoms with E-state index < -0.39 is 0 Å². The van der Waals surface area contributed by atoms with Gasteiger partial charge in [-0.1, -0.05) is 11.6 Å². The van der Waals surface area contributed by atoms with Crippen molar-refractivity contribution < 1.29 is 9.53 Å². The summed E-state index contributed by atoms with van der Waals surface area (Å²) >= 11 is 6.02. The molecule has 8 heteroatoms. The number of carbonyl (C=O) groups excluding carboxylic acids is 1. The third kappa shape index (κ3) is 3.10. The standard InChI is InChI=1S/C14H16ClN5O2/c1-9(13-3-2-6-22-13)17-14(21)11-7-10(15)4-5-12(11)20-8-16-18-19-20/h4-5,7-9,13H,2-3,6H2,1H3,(H,17,21)/t9-,13+/m1/s1. The maximum atomic E-state index is 12.6. The van der Waals surface area contributed by atoms with E-state index in [2.05, 4.69) is 20.8 Å². The number of nitrogens with zero attached hydrogens (tertiary/aromatic N) is 4. The van der Waals surface area contributed by atoms with Crippen LogP contribution < -0.4 is 5.32 Å². The molecule has 0 unspecified atom stereocenters. The number of halogens is 1. The van der Waals surface area contributed by atoms with Crippen LogP contribution in [0.3, 0.4) is 0 Å². The molecular formula is C14H16ClN5O2. The summed E-state index contributed by atoms with van der Waals surface area (Å²) in [6, 6.07) is 4.94. The number of hydrogen-bond acceptors (Lipinski definition) is 5. The van der Waals surface area contributed by atoms with Crippen molar-refractivity contribution in [2.75, 3.05) is 6.61 Å². The summed E-state index contributed by atoms with van der Waals surface area (Å²) in [7, 11) is 0. The van der Waals surface area contributed by atoms with Crippen LogP contribution in [0.15, 0.2) is 24.5 Å². The molecule has 22 heavy (non-hydrogen) atoms. The van der Waals surface area contributed by atoms with E-state index in [1.807, 2.05) is 6.92 Å². The van der Waals surface area contributed by atoms with Crippen LogP contribution in [0.5, 0.6) is 0 Å². The molecule has 1 saturated heterocycles. The zero-order valence-electron chi connectivity index (χ0n) is 12.1. The van der Waals surface area contributed by atoms with E-state index in [-0.39, 0.29) is 18.1 Å². The number of nitrogens with one attached hydrogen (secondary N) is 1. The van der Waals surface area contributed by atoms with Gasteiger partial charge in [0.2, 0.25) is 0 Å². The molecule has 1 amide bonds. The van der Waals surface area contributed by atoms with Crippen LogP contribution in [0.25, 0.3) is 5.69 Å². The van der Waals surface area contributed by atoms with Gasteiger partial charge >= 0.3 is 0 Å². The smallest absolute Gasteiger partial charge is 0.253 e. The van der Waals surface area contributed by atoms with Gasteiger partial charge in [0.15, 0.2) is 0 Å². The van der Waals surface area contributed by atoms with Crippen LogP contribution in [-0.4, -0.2) is 44.9 Å². The van der Waals surface area contributed by atoms with E-state index in [4.69, 9.17) is 16.3 Å². The molecule has 0 radical (unpaired) electrons. The number of benzene rings is 1. The second kappa shape index (κ2) is 6.41. The predicted octanol–water partition coefficient (Wildman–Crippen LogP) is 1.61. The number of tetrazole rings is 1. The Hall–Kier alpha value is -1.99. The summed E-state index contributed by atoms with van der Waals surface area (Å²) in [5, 5.41) is 14.5. The number of rotatable bonds is 4. The van der Waals surface area contributed by atoms with E-state index in [1.54, 1.807) is 18.2 Å². The van der Waals surface area contributed by atoms with E-state index >= 15 is 0 Å². The zero-order valence-corrected chi connectivity index (χ0v) is 12.8. The Morgan fingerprint density at radius 3 is 3.09 bits per heavy atom. The Labute approximate surface area is 132 Å². The number of ether oxygens (including phenoxy) is 1. The average molecular weight is 322 g/mol. The highest BCUT2D eigenvalue weighted by Crippen LogP contribution is 2.20. The van der Waals surface area contributed by atoms with Gasteiger partial charge in [-0.25, -0.2) is 0 Å². The summed E-state index contributed by atoms with van der Waals surface area (Å²) in [5.74, 6) is -0.226. The van der Waals surface area contributed by atoms with E-state index in [9.17, 15) is 4.79 Å². The first-order chi connectivity index (χ1) is 10.6. The Balaban J connectivity index is 1.83. The van der Waals surface area contributed by atoms with Gasteiger partial charge in [0.25, 0.3) is 5.91 Å². The van der Waals surface area contributed by atoms with Crippen molar-refractivity contribution in [2.24, 2.45) is 0 Å². The van der Waals surface area contributed by atoms with E-state index in [0.717, 1.165) is 19.4 Å². The number of aromatic nitrogens is 4. The lowest BCUT2D eigenvalue weighted by atomic mass is 10.1. The minimum absolute atomic E-state index is 0.0552. The second-order valence-corrected chi connectivity index (χ2v) is 5.67. The predicted molar refractivity (Wildman–Crippen MR) is 80.1 cm³/mol. The maximum Gasteiger partial charge on any atom is 0.253 e. The molecule has 0 saturated carbocycles. The van der Waals surface area contributed by atoms with Crippen LogP contribution in [0.4, 0.5) is 0 Å². The Morgan fingerprint density at radius 2 is 2.41 bits per heavy atom. The fraction of sp³-hybridized carbons (Fsp3) is 0.429. The lowest BCUT2D eigenvalue weighted by molar-refractivity contribution is 0.0712. The van der Waals surface area contributed by atoms with Crippen molar-refractivity contribution in [1.82, 2.24) is 25.5 Å². The summed E-state index contributed by atoms with van der Waals surface area (Å²) in [5.41, 5.74) is 0.996. The largest absolute Gasteiger partial charge is 0.376 e. The highest BCUT2D eigenvalue weighted by atomic mass is 35.5. The Morgan fingerprint density at radius 1 is 1.55 bits per heavy atom. The van der Waals surface area contributed by atoms with Crippen molar-refractivity contribution in [1.29, 1.82) is 0 Å². The molecule has 1 aromatic heterocycles. The minimum Gasteiger partial charge on any atom is -0.376 e. The van der Waals surface area contributed by atoms with Gasteiger partial charge in [0.05, 0.1) is 23.4 Å². The van der Waals surface area contributed by atoms with Gasteiger partial charge in [-0.15, -0.1) is 5.10 Å². The SMILES string of the molecule is C[C@@H](NC(=O)c1cc(Cl)ccc1-n1cnnn1)[C@@H]1CCCO1. The lowest BCUT2D eigenvalue weighted by Gasteiger charge is -2.20. The topological polar surface area (TPSA) is 81.9 Å². The van der Waals surface area contributed by atoms with E-state index in [0.29, 0.717) is 16.3 Å². The fourth-order valence-electron chi connectivity index (χ4n) is 2.54. The number of carbonyl (C=O) groups is 1. The van der Waals surface area contributed by atoms with Crippen molar-refractivity contribution in [3.63, 3.8) is 0 Å². The van der Waals surface area contributed by atoms with Gasteiger partial charge in [-0.05, 0) is 48.4 Å². The molecular weight excluding hydrogens is 306 g/mol. The molecule has 2 atom stereocenters. The van der Waals surface area contributed by atoms with Gasteiger partial charge in [0, 0.05) is 11.6 Å². The maximum absolute atomic E-state index is 12.6. The van der Waals surface area contributed by atoms with E-state index in [1.165, 1.54) is 11.0 Å². The molecule has 3 rings (SSSR count). The third-order valence-corrected chi connectivity index (χ3v) is 3.92. The molecule has 2 aromatic rings. The molecule has 1 aromatic carbocycles. The molecule has 1 aliphatic heterocycles. The van der Waals surface area contributed by atoms with Gasteiger partial charge < -0.3 is 10.1 Å². The highest BCUT2D eigenvalue weighted by molar-refractivity contribution is 6.31. The van der Waals surface area contributed by atoms with Crippen LogP contribution >= 0.6 is 11.6 Å². The van der Waals surface area contributed by atoms with Crippen molar-refractivity contribution in [3.05, 3.63) is 35.1 Å². The first-order valence-corrected chi connectivity index (χ1v) is 7.48. The summed E-state index contributed by atoms with van der Waals surface area (Å²) < 4.78 is 7.03. The van der Waals surface area contributed by atoms with Crippen LogP contribution in [0.2, 0.25) is 5.02 Å². The molecule has 116 valence electrons. The molecule has 1 fully saturated rings. The fourth-order valence-corrected chi connectivity index (χ4v) is 2.71. The van der Waals surface area contributed by atoms with Crippen LogP contribution in [-0.2, 0) is 4.74 Å². The van der Waals surface area contributed by atoms with Gasteiger partial charge in [-0.3, -0.25) is 4.79 Å². The summed E-state index contributed by atoms with van der Waals surface area (Å²) in [4.78, 5) is 12.6. The lowest BCUT2D eigenvalue weighted by Crippen LogP contribution is -2.41. The normalized spacial score (nSPS) is 19.1. The van der Waals surface area contributed by atoms with Crippen molar-refractivity contribution in [3.8, 4) is 5.69 Å². The van der Waals surface area contributed by atoms with Gasteiger partial charge in [0.1, 0.15) is 6.33 Å². The Bertz CT molecular complexity index is 655. The molecule has 0 bridgehead atoms. The minimum atomic E-state index is -0.226. The molecule has 1 aliphatic rings. The van der Waals surface area contributed by atoms with Crippen molar-refractivity contribution in [2.45, 2.75) is 31.9 Å².